The zero-order valence-corrected chi connectivity index (χ0v) is 17.6. The van der Waals surface area contributed by atoms with Crippen LogP contribution >= 0.6 is 0 Å². The third-order valence-electron chi connectivity index (χ3n) is 3.94. The largest absolute Gasteiger partial charge is 0.490 e. The topological polar surface area (TPSA) is 45.0 Å². The highest BCUT2D eigenvalue weighted by Crippen LogP contribution is 2.29. The van der Waals surface area contributed by atoms with Gasteiger partial charge in [-0.1, -0.05) is 31.2 Å². The summed E-state index contributed by atoms with van der Waals surface area (Å²) in [5, 5.41) is 3.80. The highest BCUT2D eigenvalue weighted by Gasteiger charge is 2.10. The number of aryl methyl sites for hydroxylation is 2. The van der Waals surface area contributed by atoms with Gasteiger partial charge in [0.2, 0.25) is 0 Å². The molecular formula is C22H32N2O3. The SMILES string of the molecule is C/C=C/COc1cc(C)c(OCc2ccc(/C=N\OC)n2C)c(C)c1.CC. The minimum Gasteiger partial charge on any atom is -0.490 e. The Hall–Kier alpha value is -2.69. The molecule has 1 heterocycles. The van der Waals surface area contributed by atoms with Crippen LogP contribution in [0.2, 0.25) is 0 Å². The van der Waals surface area contributed by atoms with Gasteiger partial charge in [-0.05, 0) is 56.2 Å². The Morgan fingerprint density at radius 2 is 1.74 bits per heavy atom. The summed E-state index contributed by atoms with van der Waals surface area (Å²) in [7, 11) is 3.51. The fourth-order valence-electron chi connectivity index (χ4n) is 2.56. The quantitative estimate of drug-likeness (QED) is 0.364. The minimum atomic E-state index is 0.484. The van der Waals surface area contributed by atoms with Crippen LogP contribution < -0.4 is 9.47 Å². The average Bonchev–Trinajstić information content (AvgIpc) is 3.01. The Morgan fingerprint density at radius 1 is 1.07 bits per heavy atom. The van der Waals surface area contributed by atoms with Crippen LogP contribution in [0.15, 0.2) is 41.6 Å². The average molecular weight is 373 g/mol. The first-order valence-corrected chi connectivity index (χ1v) is 9.26. The molecule has 0 unspecified atom stereocenters. The van der Waals surface area contributed by atoms with Crippen LogP contribution in [0.25, 0.3) is 0 Å². The van der Waals surface area contributed by atoms with E-state index in [0.29, 0.717) is 13.2 Å². The molecule has 0 saturated carbocycles. The van der Waals surface area contributed by atoms with Crippen molar-refractivity contribution in [2.75, 3.05) is 13.7 Å². The van der Waals surface area contributed by atoms with Gasteiger partial charge in [0.15, 0.2) is 0 Å². The van der Waals surface area contributed by atoms with Gasteiger partial charge >= 0.3 is 0 Å². The van der Waals surface area contributed by atoms with Gasteiger partial charge < -0.3 is 18.9 Å². The van der Waals surface area contributed by atoms with E-state index < -0.39 is 0 Å². The van der Waals surface area contributed by atoms with Gasteiger partial charge in [0.1, 0.15) is 31.8 Å². The molecule has 0 amide bonds. The van der Waals surface area contributed by atoms with E-state index in [4.69, 9.17) is 14.3 Å². The van der Waals surface area contributed by atoms with Crippen molar-refractivity contribution >= 4 is 6.21 Å². The summed E-state index contributed by atoms with van der Waals surface area (Å²) in [6.07, 6.45) is 5.63. The lowest BCUT2D eigenvalue weighted by Gasteiger charge is -2.15. The van der Waals surface area contributed by atoms with E-state index >= 15 is 0 Å². The summed E-state index contributed by atoms with van der Waals surface area (Å²) in [5.74, 6) is 1.75. The fraction of sp³-hybridized carbons (Fsp3) is 0.409. The van der Waals surface area contributed by atoms with Crippen LogP contribution in [0.3, 0.4) is 0 Å². The van der Waals surface area contributed by atoms with Crippen LogP contribution in [-0.2, 0) is 18.5 Å². The zero-order chi connectivity index (χ0) is 20.2. The van der Waals surface area contributed by atoms with Crippen molar-refractivity contribution in [3.8, 4) is 11.5 Å². The maximum Gasteiger partial charge on any atom is 0.128 e. The number of ether oxygens (including phenoxy) is 2. The molecule has 0 radical (unpaired) electrons. The van der Waals surface area contributed by atoms with Crippen molar-refractivity contribution in [1.29, 1.82) is 0 Å². The molecule has 1 aromatic heterocycles. The molecule has 0 aliphatic carbocycles. The van der Waals surface area contributed by atoms with Crippen molar-refractivity contribution in [3.05, 3.63) is 58.9 Å². The van der Waals surface area contributed by atoms with Crippen molar-refractivity contribution in [1.82, 2.24) is 4.57 Å². The number of hydrogen-bond acceptors (Lipinski definition) is 4. The molecule has 1 aromatic carbocycles. The molecule has 27 heavy (non-hydrogen) atoms. The number of rotatable bonds is 8. The molecule has 0 spiro atoms. The fourth-order valence-corrected chi connectivity index (χ4v) is 2.56. The van der Waals surface area contributed by atoms with Crippen LogP contribution in [0.1, 0.15) is 43.3 Å². The van der Waals surface area contributed by atoms with E-state index in [1.54, 1.807) is 6.21 Å². The highest BCUT2D eigenvalue weighted by molar-refractivity contribution is 5.77. The summed E-state index contributed by atoms with van der Waals surface area (Å²) < 4.78 is 13.8. The predicted molar refractivity (Wildman–Crippen MR) is 112 cm³/mol. The Kier molecular flexibility index (Phi) is 9.80. The van der Waals surface area contributed by atoms with Crippen LogP contribution in [0, 0.1) is 13.8 Å². The molecule has 2 aromatic rings. The standard InChI is InChI=1S/C20H26N2O3.C2H6/c1-6-7-10-24-19-11-15(2)20(16(3)12-19)25-14-18-9-8-17(22(18)4)13-21-23-5;1-2/h6-9,11-13H,10,14H2,1-5H3;1-2H3/b7-6+,21-13-;. The summed E-state index contributed by atoms with van der Waals surface area (Å²) in [6.45, 7) is 11.1. The number of nitrogens with zero attached hydrogens (tertiary/aromatic N) is 2. The van der Waals surface area contributed by atoms with E-state index in [0.717, 1.165) is 34.0 Å². The van der Waals surface area contributed by atoms with E-state index in [1.165, 1.54) is 7.11 Å². The number of allylic oxidation sites excluding steroid dienone is 1. The highest BCUT2D eigenvalue weighted by atomic mass is 16.6. The van der Waals surface area contributed by atoms with Crippen LogP contribution in [0.5, 0.6) is 11.5 Å². The second-order valence-corrected chi connectivity index (χ2v) is 5.78. The van der Waals surface area contributed by atoms with Gasteiger partial charge in [0, 0.05) is 7.05 Å². The molecular weight excluding hydrogens is 340 g/mol. The van der Waals surface area contributed by atoms with Gasteiger partial charge in [-0.3, -0.25) is 0 Å². The van der Waals surface area contributed by atoms with E-state index in [1.807, 2.05) is 82.7 Å². The predicted octanol–water partition coefficient (Wildman–Crippen LogP) is 5.18. The lowest BCUT2D eigenvalue weighted by atomic mass is 10.1. The monoisotopic (exact) mass is 372 g/mol. The number of benzene rings is 1. The number of oxime groups is 1. The van der Waals surface area contributed by atoms with E-state index in [-0.39, 0.29) is 0 Å². The first kappa shape index (κ1) is 22.4. The molecule has 0 saturated heterocycles. The molecule has 0 fully saturated rings. The first-order chi connectivity index (χ1) is 13.1. The summed E-state index contributed by atoms with van der Waals surface area (Å²) >= 11 is 0. The summed E-state index contributed by atoms with van der Waals surface area (Å²) in [6, 6.07) is 8.02. The Morgan fingerprint density at radius 3 is 2.33 bits per heavy atom. The van der Waals surface area contributed by atoms with E-state index in [2.05, 4.69) is 5.16 Å². The van der Waals surface area contributed by atoms with Crippen molar-refractivity contribution in [2.24, 2.45) is 12.2 Å². The normalized spacial score (nSPS) is 10.8. The molecule has 5 nitrogen and oxygen atoms in total. The maximum absolute atomic E-state index is 6.07. The summed E-state index contributed by atoms with van der Waals surface area (Å²) in [4.78, 5) is 4.73. The third-order valence-corrected chi connectivity index (χ3v) is 3.94. The van der Waals surface area contributed by atoms with Crippen LogP contribution in [-0.4, -0.2) is 24.5 Å². The molecule has 5 heteroatoms. The number of aromatic nitrogens is 1. The Bertz CT molecular complexity index is 738. The van der Waals surface area contributed by atoms with Gasteiger partial charge in [0.25, 0.3) is 0 Å². The van der Waals surface area contributed by atoms with Gasteiger partial charge in [-0.15, -0.1) is 0 Å². The lowest BCUT2D eigenvalue weighted by Crippen LogP contribution is -2.06. The van der Waals surface area contributed by atoms with Crippen LogP contribution in [0.4, 0.5) is 0 Å². The van der Waals surface area contributed by atoms with Crippen molar-refractivity contribution < 1.29 is 14.3 Å². The van der Waals surface area contributed by atoms with Gasteiger partial charge in [0.05, 0.1) is 17.6 Å². The Balaban J connectivity index is 0.00000176. The van der Waals surface area contributed by atoms with E-state index in [9.17, 15) is 0 Å². The molecule has 0 N–H and O–H groups in total. The molecule has 0 aliphatic rings. The van der Waals surface area contributed by atoms with Crippen molar-refractivity contribution in [3.63, 3.8) is 0 Å². The minimum absolute atomic E-state index is 0.484. The number of hydrogen-bond donors (Lipinski definition) is 0. The van der Waals surface area contributed by atoms with Crippen molar-refractivity contribution in [2.45, 2.75) is 41.2 Å². The van der Waals surface area contributed by atoms with Gasteiger partial charge in [-0.2, -0.15) is 0 Å². The molecule has 0 bridgehead atoms. The molecule has 0 aliphatic heterocycles. The summed E-state index contributed by atoms with van der Waals surface area (Å²) in [5.41, 5.74) is 4.14. The molecule has 0 atom stereocenters. The lowest BCUT2D eigenvalue weighted by molar-refractivity contribution is 0.215. The zero-order valence-electron chi connectivity index (χ0n) is 17.6. The third kappa shape index (κ3) is 6.51. The van der Waals surface area contributed by atoms with Gasteiger partial charge in [-0.25, -0.2) is 0 Å². The Labute approximate surface area is 163 Å². The molecule has 2 rings (SSSR count). The first-order valence-electron chi connectivity index (χ1n) is 9.26. The maximum atomic E-state index is 6.07. The smallest absolute Gasteiger partial charge is 0.128 e. The second kappa shape index (κ2) is 11.8. The molecule has 148 valence electrons. The second-order valence-electron chi connectivity index (χ2n) is 5.78.